The monoisotopic (exact) mass is 345 g/mol. The van der Waals surface area contributed by atoms with E-state index in [-0.39, 0.29) is 0 Å². The van der Waals surface area contributed by atoms with Crippen LogP contribution in [0.1, 0.15) is 35.1 Å². The molecule has 0 aliphatic heterocycles. The summed E-state index contributed by atoms with van der Waals surface area (Å²) in [5.41, 5.74) is 5.54. The molecule has 2 rings (SSSR count). The van der Waals surface area contributed by atoms with Gasteiger partial charge in [0.2, 0.25) is 0 Å². The third-order valence-electron chi connectivity index (χ3n) is 4.04. The molecule has 112 valence electrons. The van der Waals surface area contributed by atoms with Crippen molar-refractivity contribution in [1.82, 2.24) is 5.32 Å². The van der Waals surface area contributed by atoms with Gasteiger partial charge in [-0.2, -0.15) is 0 Å². The SMILES string of the molecule is CCNCC(Cc1ccc(C)c(C)c1)c1ccccc1Br. The fraction of sp³-hybridized carbons (Fsp3) is 0.368. The van der Waals surface area contributed by atoms with Gasteiger partial charge in [-0.25, -0.2) is 0 Å². The summed E-state index contributed by atoms with van der Waals surface area (Å²) in [6.07, 6.45) is 1.07. The van der Waals surface area contributed by atoms with Crippen LogP contribution in [0.5, 0.6) is 0 Å². The summed E-state index contributed by atoms with van der Waals surface area (Å²) in [6.45, 7) is 8.53. The van der Waals surface area contributed by atoms with Gasteiger partial charge < -0.3 is 5.32 Å². The Kier molecular flexibility index (Phi) is 6.01. The maximum absolute atomic E-state index is 3.70. The first-order valence-electron chi connectivity index (χ1n) is 7.63. The highest BCUT2D eigenvalue weighted by atomic mass is 79.9. The predicted molar refractivity (Wildman–Crippen MR) is 95.0 cm³/mol. The highest BCUT2D eigenvalue weighted by Gasteiger charge is 2.15. The number of nitrogens with one attached hydrogen (secondary N) is 1. The van der Waals surface area contributed by atoms with Crippen molar-refractivity contribution in [2.24, 2.45) is 0 Å². The molecule has 1 atom stereocenters. The van der Waals surface area contributed by atoms with Gasteiger partial charge in [0.15, 0.2) is 0 Å². The fourth-order valence-electron chi connectivity index (χ4n) is 2.63. The first-order valence-corrected chi connectivity index (χ1v) is 8.42. The maximum Gasteiger partial charge on any atom is 0.0210 e. The molecular formula is C19H24BrN. The molecule has 0 aromatic heterocycles. The Morgan fingerprint density at radius 3 is 2.48 bits per heavy atom. The molecule has 0 radical (unpaired) electrons. The van der Waals surface area contributed by atoms with Gasteiger partial charge in [-0.3, -0.25) is 0 Å². The molecule has 0 saturated carbocycles. The minimum Gasteiger partial charge on any atom is -0.316 e. The smallest absolute Gasteiger partial charge is 0.0210 e. The molecule has 1 N–H and O–H groups in total. The third-order valence-corrected chi connectivity index (χ3v) is 4.76. The van der Waals surface area contributed by atoms with Gasteiger partial charge in [-0.15, -0.1) is 0 Å². The van der Waals surface area contributed by atoms with E-state index in [1.165, 1.54) is 26.7 Å². The van der Waals surface area contributed by atoms with Gasteiger partial charge in [0.1, 0.15) is 0 Å². The van der Waals surface area contributed by atoms with Crippen LogP contribution in [0.25, 0.3) is 0 Å². The minimum absolute atomic E-state index is 0.489. The zero-order valence-corrected chi connectivity index (χ0v) is 14.7. The van der Waals surface area contributed by atoms with E-state index in [1.54, 1.807) is 0 Å². The molecule has 0 amide bonds. The largest absolute Gasteiger partial charge is 0.316 e. The quantitative estimate of drug-likeness (QED) is 0.776. The van der Waals surface area contributed by atoms with Crippen molar-refractivity contribution < 1.29 is 0 Å². The topological polar surface area (TPSA) is 12.0 Å². The molecule has 21 heavy (non-hydrogen) atoms. The summed E-state index contributed by atoms with van der Waals surface area (Å²) >= 11 is 3.70. The Balaban J connectivity index is 2.24. The molecule has 1 nitrogen and oxygen atoms in total. The van der Waals surface area contributed by atoms with Crippen molar-refractivity contribution in [3.8, 4) is 0 Å². The predicted octanol–water partition coefficient (Wildman–Crippen LogP) is 5.00. The summed E-state index contributed by atoms with van der Waals surface area (Å²) < 4.78 is 1.21. The van der Waals surface area contributed by atoms with E-state index in [9.17, 15) is 0 Å². The molecule has 0 bridgehead atoms. The molecule has 0 aliphatic rings. The number of hydrogen-bond donors (Lipinski definition) is 1. The van der Waals surface area contributed by atoms with Crippen molar-refractivity contribution in [3.05, 3.63) is 69.2 Å². The number of hydrogen-bond acceptors (Lipinski definition) is 1. The second-order valence-corrected chi connectivity index (χ2v) is 6.50. The van der Waals surface area contributed by atoms with Crippen LogP contribution >= 0.6 is 15.9 Å². The number of likely N-dealkylation sites (N-methyl/N-ethyl adjacent to an activating group) is 1. The second kappa shape index (κ2) is 7.77. The molecule has 2 aromatic rings. The Hall–Kier alpha value is -1.12. The second-order valence-electron chi connectivity index (χ2n) is 5.65. The maximum atomic E-state index is 3.70. The van der Waals surface area contributed by atoms with Gasteiger partial charge in [-0.05, 0) is 55.1 Å². The van der Waals surface area contributed by atoms with E-state index in [2.05, 4.69) is 84.5 Å². The third kappa shape index (κ3) is 4.42. The summed E-state index contributed by atoms with van der Waals surface area (Å²) in [7, 11) is 0. The first kappa shape index (κ1) is 16.3. The number of aryl methyl sites for hydroxylation is 2. The van der Waals surface area contributed by atoms with E-state index in [0.29, 0.717) is 5.92 Å². The lowest BCUT2D eigenvalue weighted by molar-refractivity contribution is 0.593. The van der Waals surface area contributed by atoms with Crippen molar-refractivity contribution >= 4 is 15.9 Å². The number of benzene rings is 2. The fourth-order valence-corrected chi connectivity index (χ4v) is 3.24. The lowest BCUT2D eigenvalue weighted by atomic mass is 9.90. The highest BCUT2D eigenvalue weighted by molar-refractivity contribution is 9.10. The Morgan fingerprint density at radius 1 is 1.05 bits per heavy atom. The van der Waals surface area contributed by atoms with Crippen molar-refractivity contribution in [2.75, 3.05) is 13.1 Å². The lowest BCUT2D eigenvalue weighted by Crippen LogP contribution is -2.23. The van der Waals surface area contributed by atoms with Crippen molar-refractivity contribution in [2.45, 2.75) is 33.1 Å². The summed E-state index contributed by atoms with van der Waals surface area (Å²) in [5.74, 6) is 0.489. The zero-order valence-electron chi connectivity index (χ0n) is 13.1. The average molecular weight is 346 g/mol. The van der Waals surface area contributed by atoms with E-state index in [0.717, 1.165) is 19.5 Å². The average Bonchev–Trinajstić information content (AvgIpc) is 2.48. The molecule has 0 fully saturated rings. The molecular weight excluding hydrogens is 322 g/mol. The molecule has 0 saturated heterocycles. The summed E-state index contributed by atoms with van der Waals surface area (Å²) in [6, 6.07) is 15.4. The Morgan fingerprint density at radius 2 is 1.81 bits per heavy atom. The molecule has 2 heteroatoms. The van der Waals surface area contributed by atoms with E-state index < -0.39 is 0 Å². The van der Waals surface area contributed by atoms with Crippen LogP contribution in [-0.2, 0) is 6.42 Å². The number of rotatable bonds is 6. The Bertz CT molecular complexity index is 592. The van der Waals surface area contributed by atoms with Crippen LogP contribution in [0.2, 0.25) is 0 Å². The van der Waals surface area contributed by atoms with Crippen LogP contribution < -0.4 is 5.32 Å². The highest BCUT2D eigenvalue weighted by Crippen LogP contribution is 2.28. The van der Waals surface area contributed by atoms with Crippen LogP contribution in [0, 0.1) is 13.8 Å². The molecule has 2 aromatic carbocycles. The van der Waals surface area contributed by atoms with Crippen LogP contribution in [-0.4, -0.2) is 13.1 Å². The molecule has 0 spiro atoms. The van der Waals surface area contributed by atoms with Gasteiger partial charge in [0.25, 0.3) is 0 Å². The minimum atomic E-state index is 0.489. The van der Waals surface area contributed by atoms with Crippen LogP contribution in [0.3, 0.4) is 0 Å². The van der Waals surface area contributed by atoms with Gasteiger partial charge in [0.05, 0.1) is 0 Å². The van der Waals surface area contributed by atoms with E-state index in [4.69, 9.17) is 0 Å². The van der Waals surface area contributed by atoms with Crippen molar-refractivity contribution in [3.63, 3.8) is 0 Å². The summed E-state index contributed by atoms with van der Waals surface area (Å²) in [5, 5.41) is 3.50. The zero-order chi connectivity index (χ0) is 15.2. The van der Waals surface area contributed by atoms with Gasteiger partial charge in [0, 0.05) is 16.9 Å². The summed E-state index contributed by atoms with van der Waals surface area (Å²) in [4.78, 5) is 0. The van der Waals surface area contributed by atoms with E-state index in [1.807, 2.05) is 0 Å². The first-order chi connectivity index (χ1) is 10.1. The van der Waals surface area contributed by atoms with Gasteiger partial charge in [-0.1, -0.05) is 59.3 Å². The molecule has 0 heterocycles. The molecule has 0 aliphatic carbocycles. The number of halogens is 1. The Labute approximate surface area is 136 Å². The van der Waals surface area contributed by atoms with Crippen LogP contribution in [0.15, 0.2) is 46.9 Å². The lowest BCUT2D eigenvalue weighted by Gasteiger charge is -2.20. The normalized spacial score (nSPS) is 12.4. The van der Waals surface area contributed by atoms with Crippen molar-refractivity contribution in [1.29, 1.82) is 0 Å². The van der Waals surface area contributed by atoms with Crippen LogP contribution in [0.4, 0.5) is 0 Å². The molecule has 1 unspecified atom stereocenters. The van der Waals surface area contributed by atoms with E-state index >= 15 is 0 Å². The van der Waals surface area contributed by atoms with Gasteiger partial charge >= 0.3 is 0 Å². The standard InChI is InChI=1S/C19H24BrN/c1-4-21-13-17(18-7-5-6-8-19(18)20)12-16-10-9-14(2)15(3)11-16/h5-11,17,21H,4,12-13H2,1-3H3.